The number of aromatic nitrogens is 4. The zero-order chi connectivity index (χ0) is 14.1. The van der Waals surface area contributed by atoms with Gasteiger partial charge in [0.25, 0.3) is 0 Å². The van der Waals surface area contributed by atoms with Crippen LogP contribution in [0.5, 0.6) is 0 Å². The summed E-state index contributed by atoms with van der Waals surface area (Å²) in [5.41, 5.74) is 6.11. The highest BCUT2D eigenvalue weighted by molar-refractivity contribution is 9.10. The summed E-state index contributed by atoms with van der Waals surface area (Å²) in [7, 11) is 1.86. The van der Waals surface area contributed by atoms with Gasteiger partial charge in [-0.25, -0.2) is 10.4 Å². The number of rotatable bonds is 3. The maximum Gasteiger partial charge on any atom is 0.108 e. The van der Waals surface area contributed by atoms with Gasteiger partial charge in [-0.3, -0.25) is 15.5 Å². The highest BCUT2D eigenvalue weighted by Gasteiger charge is 2.21. The lowest BCUT2D eigenvalue weighted by Gasteiger charge is -2.16. The van der Waals surface area contributed by atoms with Crippen molar-refractivity contribution in [1.29, 1.82) is 0 Å². The summed E-state index contributed by atoms with van der Waals surface area (Å²) < 4.78 is 2.63. The summed E-state index contributed by atoms with van der Waals surface area (Å²) in [6.45, 7) is 0. The number of hydrogen-bond donors (Lipinski definition) is 2. The number of nitrogens with one attached hydrogen (secondary N) is 1. The van der Waals surface area contributed by atoms with Crippen LogP contribution in [0.15, 0.2) is 41.1 Å². The van der Waals surface area contributed by atoms with Gasteiger partial charge in [0.05, 0.1) is 39.3 Å². The van der Waals surface area contributed by atoms with Crippen molar-refractivity contribution in [2.24, 2.45) is 12.9 Å². The van der Waals surface area contributed by atoms with Gasteiger partial charge in [0, 0.05) is 7.05 Å². The Morgan fingerprint density at radius 3 is 2.65 bits per heavy atom. The minimum absolute atomic E-state index is 0.283. The van der Waals surface area contributed by atoms with Crippen molar-refractivity contribution in [3.05, 3.63) is 52.5 Å². The van der Waals surface area contributed by atoms with E-state index in [4.69, 9.17) is 5.84 Å². The average molecular weight is 333 g/mol. The number of halogens is 1. The quantitative estimate of drug-likeness (QED) is 0.563. The Bertz CT molecular complexity index is 734. The van der Waals surface area contributed by atoms with Crippen LogP contribution in [0.25, 0.3) is 11.0 Å². The normalized spacial score (nSPS) is 12.8. The predicted molar refractivity (Wildman–Crippen MR) is 79.6 cm³/mol. The van der Waals surface area contributed by atoms with Crippen molar-refractivity contribution < 1.29 is 0 Å². The topological polar surface area (TPSA) is 81.7 Å². The van der Waals surface area contributed by atoms with E-state index in [1.54, 1.807) is 17.1 Å². The average Bonchev–Trinajstić information content (AvgIpc) is 2.80. The van der Waals surface area contributed by atoms with Crippen LogP contribution in [0, 0.1) is 0 Å². The van der Waals surface area contributed by atoms with Gasteiger partial charge in [-0.2, -0.15) is 5.10 Å². The largest absolute Gasteiger partial charge is 0.270 e. The van der Waals surface area contributed by atoms with Crippen molar-refractivity contribution in [3.8, 4) is 0 Å². The molecule has 0 radical (unpaired) electrons. The van der Waals surface area contributed by atoms with Crippen molar-refractivity contribution in [1.82, 2.24) is 25.2 Å². The Morgan fingerprint density at radius 1 is 1.25 bits per heavy atom. The van der Waals surface area contributed by atoms with E-state index in [9.17, 15) is 0 Å². The number of aryl methyl sites for hydroxylation is 1. The van der Waals surface area contributed by atoms with Crippen LogP contribution in [0.2, 0.25) is 0 Å². The molecule has 0 fully saturated rings. The number of para-hydroxylation sites is 2. The second-order valence-corrected chi connectivity index (χ2v) is 5.24. The first-order chi connectivity index (χ1) is 9.70. The fourth-order valence-corrected chi connectivity index (χ4v) is 2.74. The van der Waals surface area contributed by atoms with Crippen LogP contribution in [-0.4, -0.2) is 19.7 Å². The minimum atomic E-state index is -0.283. The van der Waals surface area contributed by atoms with Gasteiger partial charge >= 0.3 is 0 Å². The van der Waals surface area contributed by atoms with Gasteiger partial charge in [0.1, 0.15) is 6.04 Å². The third-order valence-electron chi connectivity index (χ3n) is 3.14. The third kappa shape index (κ3) is 2.20. The summed E-state index contributed by atoms with van der Waals surface area (Å²) in [5, 5.41) is 4.20. The Kier molecular flexibility index (Phi) is 3.47. The van der Waals surface area contributed by atoms with Gasteiger partial charge in [0.15, 0.2) is 0 Å². The van der Waals surface area contributed by atoms with E-state index in [1.807, 2.05) is 31.3 Å². The first-order valence-electron chi connectivity index (χ1n) is 6.06. The predicted octanol–water partition coefficient (Wildman–Crippen LogP) is 1.68. The van der Waals surface area contributed by atoms with E-state index >= 15 is 0 Å². The molecule has 0 saturated heterocycles. The zero-order valence-electron chi connectivity index (χ0n) is 10.8. The van der Waals surface area contributed by atoms with Crippen LogP contribution < -0.4 is 11.3 Å². The van der Waals surface area contributed by atoms with Crippen LogP contribution in [0.4, 0.5) is 0 Å². The first-order valence-corrected chi connectivity index (χ1v) is 6.85. The van der Waals surface area contributed by atoms with Gasteiger partial charge in [0.2, 0.25) is 0 Å². The van der Waals surface area contributed by atoms with E-state index in [-0.39, 0.29) is 6.04 Å². The van der Waals surface area contributed by atoms with Gasteiger partial charge in [-0.15, -0.1) is 0 Å². The molecule has 3 N–H and O–H groups in total. The molecule has 20 heavy (non-hydrogen) atoms. The van der Waals surface area contributed by atoms with E-state index < -0.39 is 0 Å². The summed E-state index contributed by atoms with van der Waals surface area (Å²) in [6.07, 6.45) is 3.46. The van der Waals surface area contributed by atoms with E-state index in [0.29, 0.717) is 0 Å². The fraction of sp³-hybridized carbons (Fsp3) is 0.154. The molecule has 7 heteroatoms. The van der Waals surface area contributed by atoms with Crippen LogP contribution >= 0.6 is 15.9 Å². The van der Waals surface area contributed by atoms with Gasteiger partial charge in [-0.1, -0.05) is 12.1 Å². The number of nitrogens with zero attached hydrogens (tertiary/aromatic N) is 4. The summed E-state index contributed by atoms with van der Waals surface area (Å²) in [4.78, 5) is 9.03. The van der Waals surface area contributed by atoms with Crippen molar-refractivity contribution in [3.63, 3.8) is 0 Å². The van der Waals surface area contributed by atoms with E-state index in [0.717, 1.165) is 26.9 Å². The molecule has 0 amide bonds. The molecule has 1 aromatic carbocycles. The van der Waals surface area contributed by atoms with E-state index in [2.05, 4.69) is 36.4 Å². The summed E-state index contributed by atoms with van der Waals surface area (Å²) >= 11 is 3.48. The number of benzene rings is 1. The molecule has 3 aromatic rings. The smallest absolute Gasteiger partial charge is 0.108 e. The number of fused-ring (bicyclic) bond motifs is 1. The molecule has 0 bridgehead atoms. The Hall–Kier alpha value is -1.83. The second-order valence-electron chi connectivity index (χ2n) is 4.38. The molecule has 2 heterocycles. The Balaban J connectivity index is 2.12. The number of nitrogens with two attached hydrogens (primary N) is 1. The molecule has 102 valence electrons. The molecular formula is C13H13BrN6. The first kappa shape index (κ1) is 13.2. The maximum atomic E-state index is 5.70. The lowest BCUT2D eigenvalue weighted by Crippen LogP contribution is -2.31. The molecule has 0 aliphatic carbocycles. The van der Waals surface area contributed by atoms with E-state index in [1.165, 1.54) is 0 Å². The van der Waals surface area contributed by atoms with Crippen molar-refractivity contribution >= 4 is 27.0 Å². The van der Waals surface area contributed by atoms with Crippen LogP contribution in [0.1, 0.15) is 17.4 Å². The molecule has 6 nitrogen and oxygen atoms in total. The van der Waals surface area contributed by atoms with Crippen LogP contribution in [-0.2, 0) is 7.05 Å². The molecule has 3 rings (SSSR count). The molecule has 2 aromatic heterocycles. The van der Waals surface area contributed by atoms with Crippen molar-refractivity contribution in [2.45, 2.75) is 6.04 Å². The second kappa shape index (κ2) is 5.28. The summed E-state index contributed by atoms with van der Waals surface area (Å²) in [5.74, 6) is 5.70. The minimum Gasteiger partial charge on any atom is -0.270 e. The number of hydrazine groups is 1. The zero-order valence-corrected chi connectivity index (χ0v) is 12.4. The standard InChI is InChI=1S/C13H13BrN6/c1-20-13(8(14)6-17-20)12(19-15)11-7-16-9-4-2-3-5-10(9)18-11/h2-7,12,19H,15H2,1H3. The summed E-state index contributed by atoms with van der Waals surface area (Å²) in [6, 6.07) is 7.45. The number of hydrogen-bond acceptors (Lipinski definition) is 5. The Morgan fingerprint density at radius 2 is 2.00 bits per heavy atom. The Labute approximate surface area is 124 Å². The molecule has 0 spiro atoms. The molecule has 1 unspecified atom stereocenters. The third-order valence-corrected chi connectivity index (χ3v) is 3.75. The van der Waals surface area contributed by atoms with Gasteiger partial charge < -0.3 is 0 Å². The molecule has 0 aliphatic rings. The van der Waals surface area contributed by atoms with Crippen molar-refractivity contribution in [2.75, 3.05) is 0 Å². The molecule has 0 saturated carbocycles. The molecular weight excluding hydrogens is 320 g/mol. The van der Waals surface area contributed by atoms with Gasteiger partial charge in [-0.05, 0) is 28.1 Å². The lowest BCUT2D eigenvalue weighted by molar-refractivity contribution is 0.562. The van der Waals surface area contributed by atoms with Crippen LogP contribution in [0.3, 0.4) is 0 Å². The highest BCUT2D eigenvalue weighted by atomic mass is 79.9. The maximum absolute atomic E-state index is 5.70. The fourth-order valence-electron chi connectivity index (χ4n) is 2.16. The molecule has 1 atom stereocenters. The highest BCUT2D eigenvalue weighted by Crippen LogP contribution is 2.26. The molecule has 0 aliphatic heterocycles. The SMILES string of the molecule is Cn1ncc(Br)c1C(NN)c1cnc2ccccc2n1. The monoisotopic (exact) mass is 332 g/mol. The lowest BCUT2D eigenvalue weighted by atomic mass is 10.1.